The topological polar surface area (TPSA) is 80.5 Å². The summed E-state index contributed by atoms with van der Waals surface area (Å²) in [5, 5.41) is 0. The molecule has 19 heavy (non-hydrogen) atoms. The third kappa shape index (κ3) is 2.78. The molecule has 0 unspecified atom stereocenters. The number of primary amides is 1. The first-order valence-electron chi connectivity index (χ1n) is 5.91. The molecule has 1 aliphatic heterocycles. The van der Waals surface area contributed by atoms with Crippen LogP contribution in [0.25, 0.3) is 0 Å². The van der Waals surface area contributed by atoms with E-state index in [1.54, 1.807) is 25.1 Å². The van der Waals surface area contributed by atoms with Crippen LogP contribution in [-0.2, 0) is 9.59 Å². The van der Waals surface area contributed by atoms with Crippen molar-refractivity contribution in [2.24, 2.45) is 5.73 Å². The van der Waals surface area contributed by atoms with E-state index < -0.39 is 5.91 Å². The van der Waals surface area contributed by atoms with E-state index in [1.165, 1.54) is 16.7 Å². The molecule has 1 aliphatic rings. The maximum atomic E-state index is 11.8. The van der Waals surface area contributed by atoms with E-state index >= 15 is 0 Å². The lowest BCUT2D eigenvalue weighted by atomic mass is 10.1. The summed E-state index contributed by atoms with van der Waals surface area (Å²) in [6.45, 7) is 1.67. The van der Waals surface area contributed by atoms with Gasteiger partial charge in [-0.05, 0) is 18.2 Å². The molecule has 5 nitrogen and oxygen atoms in total. The third-order valence-corrected chi connectivity index (χ3v) is 3.89. The summed E-state index contributed by atoms with van der Waals surface area (Å²) in [5.41, 5.74) is 6.42. The van der Waals surface area contributed by atoms with E-state index in [1.807, 2.05) is 0 Å². The minimum atomic E-state index is -0.556. The second kappa shape index (κ2) is 5.44. The Morgan fingerprint density at radius 1 is 1.42 bits per heavy atom. The van der Waals surface area contributed by atoms with E-state index in [0.717, 1.165) is 4.90 Å². The Morgan fingerprint density at radius 3 is 2.79 bits per heavy atom. The number of nitrogens with zero attached hydrogens (tertiary/aromatic N) is 1. The second-order valence-corrected chi connectivity index (χ2v) is 5.21. The van der Waals surface area contributed by atoms with Gasteiger partial charge in [0.1, 0.15) is 6.54 Å². The van der Waals surface area contributed by atoms with Gasteiger partial charge < -0.3 is 10.6 Å². The van der Waals surface area contributed by atoms with Crippen molar-refractivity contribution in [2.45, 2.75) is 18.2 Å². The summed E-state index contributed by atoms with van der Waals surface area (Å²) in [6.07, 6.45) is 0.438. The Balaban J connectivity index is 2.38. The van der Waals surface area contributed by atoms with Crippen LogP contribution in [0.4, 0.5) is 5.69 Å². The molecule has 0 saturated carbocycles. The van der Waals surface area contributed by atoms with Gasteiger partial charge in [0.2, 0.25) is 11.8 Å². The highest BCUT2D eigenvalue weighted by atomic mass is 32.2. The predicted molar refractivity (Wildman–Crippen MR) is 73.3 cm³/mol. The Morgan fingerprint density at radius 2 is 2.16 bits per heavy atom. The number of hydrogen-bond donors (Lipinski definition) is 1. The van der Waals surface area contributed by atoms with Gasteiger partial charge in [-0.3, -0.25) is 14.4 Å². The average Bonchev–Trinajstić information content (AvgIpc) is 2.40. The van der Waals surface area contributed by atoms with E-state index in [0.29, 0.717) is 17.7 Å². The molecule has 0 atom stereocenters. The number of carbonyl (C=O) groups excluding carboxylic acids is 3. The lowest BCUT2D eigenvalue weighted by Gasteiger charge is -2.28. The zero-order valence-electron chi connectivity index (χ0n) is 10.5. The van der Waals surface area contributed by atoms with Gasteiger partial charge in [-0.2, -0.15) is 0 Å². The Hall–Kier alpha value is -1.82. The molecule has 2 rings (SSSR count). The number of benzene rings is 1. The van der Waals surface area contributed by atoms with Gasteiger partial charge in [0.25, 0.3) is 0 Å². The Bertz CT molecular complexity index is 557. The molecule has 0 aromatic heterocycles. The summed E-state index contributed by atoms with van der Waals surface area (Å²) in [4.78, 5) is 36.7. The first-order chi connectivity index (χ1) is 9.02. The number of hydrogen-bond acceptors (Lipinski definition) is 4. The number of fused-ring (bicyclic) bond motifs is 1. The van der Waals surface area contributed by atoms with Gasteiger partial charge in [0.05, 0.1) is 11.4 Å². The molecule has 1 aromatic rings. The molecule has 6 heteroatoms. The minimum absolute atomic E-state index is 0.0572. The monoisotopic (exact) mass is 278 g/mol. The summed E-state index contributed by atoms with van der Waals surface area (Å²) in [7, 11) is 0. The predicted octanol–water partition coefficient (Wildman–Crippen LogP) is 1.20. The first kappa shape index (κ1) is 13.6. The molecule has 1 aromatic carbocycles. The van der Waals surface area contributed by atoms with Crippen LogP contribution in [0.1, 0.15) is 23.7 Å². The summed E-state index contributed by atoms with van der Waals surface area (Å²) < 4.78 is 0. The number of carbonyl (C=O) groups is 3. The maximum Gasteiger partial charge on any atom is 0.237 e. The number of thioether (sulfide) groups is 1. The number of anilines is 1. The molecular formula is C13H14N2O3S. The SMILES string of the molecule is CCC(=O)c1ccc2c(c1)SCC(=O)N2CC(N)=O. The fourth-order valence-corrected chi connectivity index (χ4v) is 2.88. The zero-order valence-corrected chi connectivity index (χ0v) is 11.3. The molecule has 100 valence electrons. The molecule has 1 heterocycles. The number of Topliss-reactive ketones (excluding diaryl/α,β-unsaturated/α-hetero) is 1. The van der Waals surface area contributed by atoms with Crippen LogP contribution in [0.15, 0.2) is 23.1 Å². The smallest absolute Gasteiger partial charge is 0.237 e. The van der Waals surface area contributed by atoms with Gasteiger partial charge in [-0.1, -0.05) is 6.92 Å². The molecule has 0 spiro atoms. The van der Waals surface area contributed by atoms with Crippen LogP contribution in [0, 0.1) is 0 Å². The van der Waals surface area contributed by atoms with E-state index in [9.17, 15) is 14.4 Å². The molecular weight excluding hydrogens is 264 g/mol. The fraction of sp³-hybridized carbons (Fsp3) is 0.308. The van der Waals surface area contributed by atoms with Crippen molar-refractivity contribution in [2.75, 3.05) is 17.2 Å². The fourth-order valence-electron chi connectivity index (χ4n) is 1.91. The molecule has 2 amide bonds. The number of nitrogens with two attached hydrogens (primary N) is 1. The highest BCUT2D eigenvalue weighted by molar-refractivity contribution is 8.00. The van der Waals surface area contributed by atoms with Crippen LogP contribution in [-0.4, -0.2) is 29.9 Å². The molecule has 0 fully saturated rings. The quantitative estimate of drug-likeness (QED) is 0.839. The van der Waals surface area contributed by atoms with E-state index in [-0.39, 0.29) is 24.0 Å². The van der Waals surface area contributed by atoms with E-state index in [2.05, 4.69) is 0 Å². The van der Waals surface area contributed by atoms with Gasteiger partial charge in [-0.15, -0.1) is 11.8 Å². The first-order valence-corrected chi connectivity index (χ1v) is 6.90. The van der Waals surface area contributed by atoms with Crippen LogP contribution in [0.3, 0.4) is 0 Å². The maximum absolute atomic E-state index is 11.8. The van der Waals surface area contributed by atoms with Crippen molar-refractivity contribution >= 4 is 35.0 Å². The lowest BCUT2D eigenvalue weighted by molar-refractivity contribution is -0.121. The average molecular weight is 278 g/mol. The van der Waals surface area contributed by atoms with Gasteiger partial charge in [0.15, 0.2) is 5.78 Å². The zero-order chi connectivity index (χ0) is 14.0. The largest absolute Gasteiger partial charge is 0.368 e. The summed E-state index contributed by atoms with van der Waals surface area (Å²) >= 11 is 1.37. The molecule has 0 aliphatic carbocycles. The van der Waals surface area contributed by atoms with E-state index in [4.69, 9.17) is 5.73 Å². The van der Waals surface area contributed by atoms with Crippen LogP contribution >= 0.6 is 11.8 Å². The van der Waals surface area contributed by atoms with Crippen molar-refractivity contribution in [1.29, 1.82) is 0 Å². The van der Waals surface area contributed by atoms with Gasteiger partial charge in [0, 0.05) is 16.9 Å². The van der Waals surface area contributed by atoms with Gasteiger partial charge >= 0.3 is 0 Å². The molecule has 0 bridgehead atoms. The minimum Gasteiger partial charge on any atom is -0.368 e. The van der Waals surface area contributed by atoms with Crippen LogP contribution in [0.2, 0.25) is 0 Å². The van der Waals surface area contributed by atoms with Crippen LogP contribution in [0.5, 0.6) is 0 Å². The highest BCUT2D eigenvalue weighted by Gasteiger charge is 2.26. The lowest BCUT2D eigenvalue weighted by Crippen LogP contribution is -2.41. The number of amides is 2. The summed E-state index contributed by atoms with van der Waals surface area (Å²) in [6, 6.07) is 5.15. The van der Waals surface area contributed by atoms with Crippen LogP contribution < -0.4 is 10.6 Å². The van der Waals surface area contributed by atoms with Crippen molar-refractivity contribution in [3.63, 3.8) is 0 Å². The highest BCUT2D eigenvalue weighted by Crippen LogP contribution is 2.36. The number of rotatable bonds is 4. The molecule has 0 saturated heterocycles. The Labute approximate surface area is 115 Å². The Kier molecular flexibility index (Phi) is 3.90. The third-order valence-electron chi connectivity index (χ3n) is 2.86. The molecule has 0 radical (unpaired) electrons. The van der Waals surface area contributed by atoms with Crippen molar-refractivity contribution in [3.05, 3.63) is 23.8 Å². The van der Waals surface area contributed by atoms with Crippen molar-refractivity contribution < 1.29 is 14.4 Å². The normalized spacial score (nSPS) is 14.2. The summed E-state index contributed by atoms with van der Waals surface area (Å²) in [5.74, 6) is -0.392. The molecule has 2 N–H and O–H groups in total. The second-order valence-electron chi connectivity index (χ2n) is 4.19. The number of ketones is 1. The standard InChI is InChI=1S/C13H14N2O3S/c1-2-10(16)8-3-4-9-11(5-8)19-7-13(18)15(9)6-12(14)17/h3-5H,2,6-7H2,1H3,(H2,14,17). The van der Waals surface area contributed by atoms with Gasteiger partial charge in [-0.25, -0.2) is 0 Å². The van der Waals surface area contributed by atoms with Crippen molar-refractivity contribution in [3.8, 4) is 0 Å². The van der Waals surface area contributed by atoms with Crippen molar-refractivity contribution in [1.82, 2.24) is 0 Å².